The molecule has 1 aromatic rings. The first-order chi connectivity index (χ1) is 12.4. The van der Waals surface area contributed by atoms with E-state index in [0.717, 1.165) is 31.4 Å². The Kier molecular flexibility index (Phi) is 7.08. The largest absolute Gasteiger partial charge is 0.468 e. The minimum Gasteiger partial charge on any atom is -0.468 e. The smallest absolute Gasteiger partial charge is 0.230 e. The quantitative estimate of drug-likeness (QED) is 0.570. The lowest BCUT2D eigenvalue weighted by Gasteiger charge is -2.31. The highest BCUT2D eigenvalue weighted by molar-refractivity contribution is 5.85. The third-order valence-corrected chi connectivity index (χ3v) is 5.20. The molecule has 0 bridgehead atoms. The molecule has 2 N–H and O–H groups in total. The number of furan rings is 1. The number of carbonyl (C=O) groups excluding carboxylic acids is 1. The van der Waals surface area contributed by atoms with Crippen LogP contribution in [0.2, 0.25) is 0 Å². The molecule has 7 heteroatoms. The molecular weight excluding hydrogens is 330 g/mol. The van der Waals surface area contributed by atoms with Crippen molar-refractivity contribution in [3.05, 3.63) is 24.2 Å². The van der Waals surface area contributed by atoms with Crippen LogP contribution in [0.1, 0.15) is 37.5 Å². The monoisotopic (exact) mass is 363 g/mol. The van der Waals surface area contributed by atoms with Gasteiger partial charge in [-0.05, 0) is 39.1 Å². The van der Waals surface area contributed by atoms with E-state index in [2.05, 4.69) is 20.5 Å². The number of guanidine groups is 1. The molecule has 1 amide bonds. The third-order valence-electron chi connectivity index (χ3n) is 5.20. The number of hydrogen-bond acceptors (Lipinski definition) is 4. The predicted octanol–water partition coefficient (Wildman–Crippen LogP) is 1.70. The highest BCUT2D eigenvalue weighted by atomic mass is 16.3. The average Bonchev–Trinajstić information content (AvgIpc) is 3.29. The van der Waals surface area contributed by atoms with Crippen LogP contribution in [0.3, 0.4) is 0 Å². The summed E-state index contributed by atoms with van der Waals surface area (Å²) in [5.41, 5.74) is -0.316. The van der Waals surface area contributed by atoms with Crippen LogP contribution in [0, 0.1) is 5.41 Å². The Bertz CT molecular complexity index is 589. The lowest BCUT2D eigenvalue weighted by molar-refractivity contribution is -0.138. The Balaban J connectivity index is 1.95. The van der Waals surface area contributed by atoms with Gasteiger partial charge in [-0.2, -0.15) is 0 Å². The van der Waals surface area contributed by atoms with Crippen molar-refractivity contribution in [2.45, 2.75) is 31.7 Å². The Morgan fingerprint density at radius 1 is 1.27 bits per heavy atom. The zero-order valence-corrected chi connectivity index (χ0v) is 16.7. The zero-order valence-electron chi connectivity index (χ0n) is 16.7. The van der Waals surface area contributed by atoms with Crippen molar-refractivity contribution in [2.24, 2.45) is 10.4 Å². The van der Waals surface area contributed by atoms with E-state index in [1.807, 2.05) is 40.3 Å². The average molecular weight is 364 g/mol. The molecule has 0 aliphatic heterocycles. The van der Waals surface area contributed by atoms with E-state index in [4.69, 9.17) is 4.42 Å². The second kappa shape index (κ2) is 9.07. The van der Waals surface area contributed by atoms with Gasteiger partial charge in [0, 0.05) is 34.2 Å². The van der Waals surface area contributed by atoms with Crippen molar-refractivity contribution in [2.75, 3.05) is 48.3 Å². The number of hydrogen-bond donors (Lipinski definition) is 2. The summed E-state index contributed by atoms with van der Waals surface area (Å²) < 4.78 is 5.55. The van der Waals surface area contributed by atoms with Gasteiger partial charge in [0.25, 0.3) is 0 Å². The van der Waals surface area contributed by atoms with Crippen LogP contribution >= 0.6 is 0 Å². The number of nitrogens with one attached hydrogen (secondary N) is 2. The van der Waals surface area contributed by atoms with Gasteiger partial charge in [0.05, 0.1) is 17.7 Å². The van der Waals surface area contributed by atoms with Crippen molar-refractivity contribution in [1.29, 1.82) is 0 Å². The number of nitrogens with zero attached hydrogens (tertiary/aromatic N) is 3. The maximum Gasteiger partial charge on any atom is 0.230 e. The van der Waals surface area contributed by atoms with Gasteiger partial charge in [-0.3, -0.25) is 14.7 Å². The zero-order chi connectivity index (χ0) is 19.2. The Morgan fingerprint density at radius 3 is 2.46 bits per heavy atom. The molecule has 7 nitrogen and oxygen atoms in total. The van der Waals surface area contributed by atoms with E-state index >= 15 is 0 Å². The SMILES string of the molecule is CN=C(NCC(c1ccco1)N(C)C)NCC1(C(=O)N(C)C)CCCC1. The standard InChI is InChI=1S/C19H33N5O2/c1-20-18(21-13-15(23(2)3)16-9-8-12-26-16)22-14-19(10-6-7-11-19)17(25)24(4)5/h8-9,12,15H,6-7,10-11,13-14H2,1-5H3,(H2,20,21,22). The molecule has 146 valence electrons. The number of amides is 1. The van der Waals surface area contributed by atoms with E-state index in [-0.39, 0.29) is 17.4 Å². The summed E-state index contributed by atoms with van der Waals surface area (Å²) in [7, 11) is 9.46. The van der Waals surface area contributed by atoms with Crippen LogP contribution < -0.4 is 10.6 Å². The van der Waals surface area contributed by atoms with Crippen molar-refractivity contribution in [1.82, 2.24) is 20.4 Å². The number of likely N-dealkylation sites (N-methyl/N-ethyl adjacent to an activating group) is 1. The summed E-state index contributed by atoms with van der Waals surface area (Å²) in [4.78, 5) is 20.8. The lowest BCUT2D eigenvalue weighted by Crippen LogP contribution is -2.50. The summed E-state index contributed by atoms with van der Waals surface area (Å²) in [5, 5.41) is 6.73. The lowest BCUT2D eigenvalue weighted by atomic mass is 9.84. The van der Waals surface area contributed by atoms with Crippen LogP contribution in [0.5, 0.6) is 0 Å². The minimum absolute atomic E-state index is 0.104. The fourth-order valence-corrected chi connectivity index (χ4v) is 3.68. The van der Waals surface area contributed by atoms with Crippen LogP contribution in [0.4, 0.5) is 0 Å². The van der Waals surface area contributed by atoms with Gasteiger partial charge in [0.15, 0.2) is 5.96 Å². The van der Waals surface area contributed by atoms with Crippen molar-refractivity contribution >= 4 is 11.9 Å². The highest BCUT2D eigenvalue weighted by Crippen LogP contribution is 2.38. The van der Waals surface area contributed by atoms with Gasteiger partial charge < -0.3 is 20.0 Å². The molecule has 1 saturated carbocycles. The second-order valence-corrected chi connectivity index (χ2v) is 7.49. The van der Waals surface area contributed by atoms with Crippen molar-refractivity contribution < 1.29 is 9.21 Å². The number of aliphatic imine (C=N–C) groups is 1. The summed E-state index contributed by atoms with van der Waals surface area (Å²) in [6.07, 6.45) is 5.76. The van der Waals surface area contributed by atoms with E-state index < -0.39 is 0 Å². The van der Waals surface area contributed by atoms with E-state index in [9.17, 15) is 4.79 Å². The summed E-state index contributed by atoms with van der Waals surface area (Å²) >= 11 is 0. The Morgan fingerprint density at radius 2 is 1.96 bits per heavy atom. The minimum atomic E-state index is -0.316. The highest BCUT2D eigenvalue weighted by Gasteiger charge is 2.42. The van der Waals surface area contributed by atoms with E-state index in [1.54, 1.807) is 18.2 Å². The predicted molar refractivity (Wildman–Crippen MR) is 104 cm³/mol. The van der Waals surface area contributed by atoms with Gasteiger partial charge in [0.2, 0.25) is 5.91 Å². The van der Waals surface area contributed by atoms with Crippen molar-refractivity contribution in [3.8, 4) is 0 Å². The first kappa shape index (κ1) is 20.3. The molecule has 1 heterocycles. The molecule has 1 aliphatic rings. The van der Waals surface area contributed by atoms with E-state index in [0.29, 0.717) is 19.0 Å². The maximum absolute atomic E-state index is 12.7. The van der Waals surface area contributed by atoms with Crippen LogP contribution in [0.15, 0.2) is 27.8 Å². The molecule has 2 rings (SSSR count). The van der Waals surface area contributed by atoms with Gasteiger partial charge in [-0.25, -0.2) is 0 Å². The van der Waals surface area contributed by atoms with Gasteiger partial charge in [-0.1, -0.05) is 12.8 Å². The molecule has 0 saturated heterocycles. The number of rotatable bonds is 7. The molecule has 1 aromatic heterocycles. The molecule has 1 aliphatic carbocycles. The van der Waals surface area contributed by atoms with Gasteiger partial charge in [-0.15, -0.1) is 0 Å². The molecule has 0 aromatic carbocycles. The Labute approximate surface area is 156 Å². The fraction of sp³-hybridized carbons (Fsp3) is 0.684. The van der Waals surface area contributed by atoms with Crippen LogP contribution in [-0.2, 0) is 4.79 Å². The topological polar surface area (TPSA) is 73.1 Å². The molecule has 0 radical (unpaired) electrons. The second-order valence-electron chi connectivity index (χ2n) is 7.49. The summed E-state index contributed by atoms with van der Waals surface area (Å²) in [6, 6.07) is 3.98. The molecule has 1 atom stereocenters. The van der Waals surface area contributed by atoms with Crippen LogP contribution in [0.25, 0.3) is 0 Å². The molecule has 1 unspecified atom stereocenters. The van der Waals surface area contributed by atoms with E-state index in [1.165, 1.54) is 0 Å². The van der Waals surface area contributed by atoms with Gasteiger partial charge in [0.1, 0.15) is 5.76 Å². The summed E-state index contributed by atoms with van der Waals surface area (Å²) in [6.45, 7) is 1.27. The normalized spacial score (nSPS) is 18.0. The van der Waals surface area contributed by atoms with Crippen molar-refractivity contribution in [3.63, 3.8) is 0 Å². The molecule has 1 fully saturated rings. The van der Waals surface area contributed by atoms with Gasteiger partial charge >= 0.3 is 0 Å². The number of carbonyl (C=O) groups is 1. The molecular formula is C19H33N5O2. The first-order valence-electron chi connectivity index (χ1n) is 9.26. The molecule has 26 heavy (non-hydrogen) atoms. The fourth-order valence-electron chi connectivity index (χ4n) is 3.68. The summed E-state index contributed by atoms with van der Waals surface area (Å²) in [5.74, 6) is 1.83. The first-order valence-corrected chi connectivity index (χ1v) is 9.26. The molecule has 0 spiro atoms. The van der Waals surface area contributed by atoms with Crippen LogP contribution in [-0.4, -0.2) is 70.0 Å². The maximum atomic E-state index is 12.7. The Hall–Kier alpha value is -2.02. The third kappa shape index (κ3) is 4.78.